The Bertz CT molecular complexity index is 802. The van der Waals surface area contributed by atoms with Crippen molar-refractivity contribution in [3.05, 3.63) is 65.5 Å². The standard InChI is InChI=1S/C22H27N3O2/c1-17-4-2-3-5-20(17)22(27)10-15-25(16-22)19-8-13-24(14-9-19)21(26)18-6-11-23-12-7-18/h2-7,11-12,19,27H,8-10,13-16H2,1H3/t22-/m1/s1. The lowest BCUT2D eigenvalue weighted by molar-refractivity contribution is 0.0316. The van der Waals surface area contributed by atoms with Crippen LogP contribution < -0.4 is 0 Å². The lowest BCUT2D eigenvalue weighted by Gasteiger charge is -2.37. The molecule has 2 aliphatic heterocycles. The number of hydrogen-bond donors (Lipinski definition) is 1. The summed E-state index contributed by atoms with van der Waals surface area (Å²) in [7, 11) is 0. The molecule has 142 valence electrons. The van der Waals surface area contributed by atoms with Gasteiger partial charge in [-0.15, -0.1) is 0 Å². The van der Waals surface area contributed by atoms with Crippen molar-refractivity contribution in [2.75, 3.05) is 26.2 Å². The molecular formula is C22H27N3O2. The molecule has 2 saturated heterocycles. The van der Waals surface area contributed by atoms with Gasteiger partial charge in [-0.2, -0.15) is 0 Å². The Morgan fingerprint density at radius 1 is 1.11 bits per heavy atom. The molecule has 0 radical (unpaired) electrons. The molecule has 1 N–H and O–H groups in total. The number of pyridine rings is 1. The average molecular weight is 365 g/mol. The van der Waals surface area contributed by atoms with Crippen LogP contribution >= 0.6 is 0 Å². The van der Waals surface area contributed by atoms with Gasteiger partial charge in [-0.05, 0) is 49.4 Å². The number of rotatable bonds is 3. The van der Waals surface area contributed by atoms with E-state index in [4.69, 9.17) is 0 Å². The third kappa shape index (κ3) is 3.62. The van der Waals surface area contributed by atoms with Crippen LogP contribution in [0.1, 0.15) is 40.7 Å². The maximum absolute atomic E-state index is 12.6. The first-order valence-corrected chi connectivity index (χ1v) is 9.79. The molecule has 5 heteroatoms. The Kier molecular flexibility index (Phi) is 4.98. The fourth-order valence-corrected chi connectivity index (χ4v) is 4.56. The summed E-state index contributed by atoms with van der Waals surface area (Å²) >= 11 is 0. The quantitative estimate of drug-likeness (QED) is 0.908. The molecule has 27 heavy (non-hydrogen) atoms. The Hall–Kier alpha value is -2.24. The van der Waals surface area contributed by atoms with Gasteiger partial charge < -0.3 is 10.0 Å². The Morgan fingerprint density at radius 2 is 1.81 bits per heavy atom. The molecule has 0 saturated carbocycles. The predicted molar refractivity (Wildman–Crippen MR) is 104 cm³/mol. The van der Waals surface area contributed by atoms with Gasteiger partial charge in [0.15, 0.2) is 0 Å². The highest BCUT2D eigenvalue weighted by atomic mass is 16.3. The summed E-state index contributed by atoms with van der Waals surface area (Å²) in [6, 6.07) is 12.1. The number of aryl methyl sites for hydroxylation is 1. The number of piperidine rings is 1. The molecule has 2 aromatic rings. The van der Waals surface area contributed by atoms with Crippen molar-refractivity contribution in [1.82, 2.24) is 14.8 Å². The third-order valence-corrected chi connectivity index (χ3v) is 6.12. The number of benzene rings is 1. The van der Waals surface area contributed by atoms with E-state index < -0.39 is 5.60 Å². The zero-order valence-electron chi connectivity index (χ0n) is 15.8. The van der Waals surface area contributed by atoms with Crippen molar-refractivity contribution in [2.24, 2.45) is 0 Å². The second-order valence-electron chi connectivity index (χ2n) is 7.83. The molecule has 1 aromatic heterocycles. The fourth-order valence-electron chi connectivity index (χ4n) is 4.56. The van der Waals surface area contributed by atoms with E-state index in [1.54, 1.807) is 24.5 Å². The van der Waals surface area contributed by atoms with Crippen molar-refractivity contribution in [3.8, 4) is 0 Å². The highest BCUT2D eigenvalue weighted by molar-refractivity contribution is 5.94. The predicted octanol–water partition coefficient (Wildman–Crippen LogP) is 2.59. The van der Waals surface area contributed by atoms with Gasteiger partial charge in [0.05, 0.1) is 0 Å². The van der Waals surface area contributed by atoms with E-state index in [9.17, 15) is 9.90 Å². The van der Waals surface area contributed by atoms with Crippen LogP contribution in [-0.4, -0.2) is 58.0 Å². The van der Waals surface area contributed by atoms with Crippen LogP contribution in [0.25, 0.3) is 0 Å². The van der Waals surface area contributed by atoms with Gasteiger partial charge in [-0.1, -0.05) is 24.3 Å². The molecule has 5 nitrogen and oxygen atoms in total. The second-order valence-corrected chi connectivity index (χ2v) is 7.83. The van der Waals surface area contributed by atoms with Crippen molar-refractivity contribution in [3.63, 3.8) is 0 Å². The maximum atomic E-state index is 12.6. The van der Waals surface area contributed by atoms with Gasteiger partial charge in [-0.25, -0.2) is 0 Å². The van der Waals surface area contributed by atoms with E-state index >= 15 is 0 Å². The summed E-state index contributed by atoms with van der Waals surface area (Å²) in [6.07, 6.45) is 6.02. The van der Waals surface area contributed by atoms with Gasteiger partial charge in [0, 0.05) is 50.2 Å². The van der Waals surface area contributed by atoms with Gasteiger partial charge in [-0.3, -0.25) is 14.7 Å². The van der Waals surface area contributed by atoms with Crippen molar-refractivity contribution < 1.29 is 9.90 Å². The topological polar surface area (TPSA) is 56.7 Å². The molecule has 1 atom stereocenters. The van der Waals surface area contributed by atoms with Crippen LogP contribution in [0.5, 0.6) is 0 Å². The van der Waals surface area contributed by atoms with E-state index in [1.807, 2.05) is 17.0 Å². The number of aromatic nitrogens is 1. The minimum Gasteiger partial charge on any atom is -0.384 e. The summed E-state index contributed by atoms with van der Waals surface area (Å²) in [5.41, 5.74) is 2.16. The minimum absolute atomic E-state index is 0.0914. The van der Waals surface area contributed by atoms with Crippen LogP contribution in [-0.2, 0) is 5.60 Å². The van der Waals surface area contributed by atoms with E-state index in [0.717, 1.165) is 50.0 Å². The Labute approximate surface area is 160 Å². The molecule has 0 aliphatic carbocycles. The third-order valence-electron chi connectivity index (χ3n) is 6.12. The normalized spacial score (nSPS) is 24.3. The number of hydrogen-bond acceptors (Lipinski definition) is 4. The van der Waals surface area contributed by atoms with Crippen LogP contribution in [0.15, 0.2) is 48.8 Å². The lowest BCUT2D eigenvalue weighted by atomic mass is 9.89. The number of carbonyl (C=O) groups excluding carboxylic acids is 1. The molecular weight excluding hydrogens is 338 g/mol. The van der Waals surface area contributed by atoms with E-state index in [-0.39, 0.29) is 5.91 Å². The molecule has 2 fully saturated rings. The first-order valence-electron chi connectivity index (χ1n) is 9.79. The van der Waals surface area contributed by atoms with Gasteiger partial charge in [0.25, 0.3) is 5.91 Å². The van der Waals surface area contributed by atoms with Gasteiger partial charge >= 0.3 is 0 Å². The highest BCUT2D eigenvalue weighted by Crippen LogP contribution is 2.36. The van der Waals surface area contributed by atoms with Crippen LogP contribution in [0.2, 0.25) is 0 Å². The SMILES string of the molecule is Cc1ccccc1[C@@]1(O)CCN(C2CCN(C(=O)c3ccncc3)CC2)C1. The monoisotopic (exact) mass is 365 g/mol. The van der Waals surface area contributed by atoms with E-state index in [2.05, 4.69) is 28.9 Å². The molecule has 0 bridgehead atoms. The number of likely N-dealkylation sites (tertiary alicyclic amines) is 2. The average Bonchev–Trinajstić information content (AvgIpc) is 3.12. The molecule has 1 aromatic carbocycles. The molecule has 4 rings (SSSR count). The first kappa shape index (κ1) is 18.1. The summed E-state index contributed by atoms with van der Waals surface area (Å²) < 4.78 is 0. The molecule has 0 unspecified atom stereocenters. The summed E-state index contributed by atoms with van der Waals surface area (Å²) in [5.74, 6) is 0.0914. The minimum atomic E-state index is -0.755. The van der Waals surface area contributed by atoms with E-state index in [1.165, 1.54) is 0 Å². The van der Waals surface area contributed by atoms with Crippen LogP contribution in [0.4, 0.5) is 0 Å². The summed E-state index contributed by atoms with van der Waals surface area (Å²) in [4.78, 5) is 20.9. The van der Waals surface area contributed by atoms with Crippen LogP contribution in [0, 0.1) is 6.92 Å². The molecule has 0 spiro atoms. The van der Waals surface area contributed by atoms with Crippen molar-refractivity contribution in [1.29, 1.82) is 0 Å². The van der Waals surface area contributed by atoms with Crippen LogP contribution in [0.3, 0.4) is 0 Å². The maximum Gasteiger partial charge on any atom is 0.253 e. The Balaban J connectivity index is 1.37. The van der Waals surface area contributed by atoms with Crippen molar-refractivity contribution in [2.45, 2.75) is 37.8 Å². The number of aliphatic hydroxyl groups is 1. The smallest absolute Gasteiger partial charge is 0.253 e. The molecule has 3 heterocycles. The zero-order valence-corrected chi connectivity index (χ0v) is 15.8. The number of β-amino-alcohol motifs (C(OH)–C–C–N with tert-alkyl or cyclic N) is 1. The largest absolute Gasteiger partial charge is 0.384 e. The number of carbonyl (C=O) groups is 1. The first-order chi connectivity index (χ1) is 13.1. The molecule has 1 amide bonds. The summed E-state index contributed by atoms with van der Waals surface area (Å²) in [5, 5.41) is 11.2. The number of nitrogens with zero attached hydrogens (tertiary/aromatic N) is 3. The second kappa shape index (κ2) is 7.41. The Morgan fingerprint density at radius 3 is 2.52 bits per heavy atom. The number of amides is 1. The molecule has 2 aliphatic rings. The van der Waals surface area contributed by atoms with Gasteiger partial charge in [0.2, 0.25) is 0 Å². The lowest BCUT2D eigenvalue weighted by Crippen LogP contribution is -2.47. The highest BCUT2D eigenvalue weighted by Gasteiger charge is 2.41. The zero-order chi connectivity index (χ0) is 18.9. The fraction of sp³-hybridized carbons (Fsp3) is 0.455. The van der Waals surface area contributed by atoms with Crippen molar-refractivity contribution >= 4 is 5.91 Å². The summed E-state index contributed by atoms with van der Waals surface area (Å²) in [6.45, 7) is 5.20. The van der Waals surface area contributed by atoms with Gasteiger partial charge in [0.1, 0.15) is 5.60 Å². The van der Waals surface area contributed by atoms with E-state index in [0.29, 0.717) is 18.2 Å².